The highest BCUT2D eigenvalue weighted by Crippen LogP contribution is 2.33. The predicted molar refractivity (Wildman–Crippen MR) is 54.0 cm³/mol. The number of aldehydes is 1. The average Bonchev–Trinajstić information content (AvgIpc) is 2.12. The summed E-state index contributed by atoms with van der Waals surface area (Å²) in [6, 6.07) is 3.33. The van der Waals surface area contributed by atoms with Gasteiger partial charge < -0.3 is 9.84 Å². The number of phenolic OH excluding ortho intramolecular Hbond substituents is 1. The molecule has 76 valence electrons. The topological polar surface area (TPSA) is 46.5 Å². The molecule has 0 aromatic heterocycles. The summed E-state index contributed by atoms with van der Waals surface area (Å²) in [5, 5.41) is 9.66. The molecule has 3 nitrogen and oxygen atoms in total. The van der Waals surface area contributed by atoms with Gasteiger partial charge in [0, 0.05) is 0 Å². The molecule has 3 heteroatoms. The molecule has 0 aliphatic carbocycles. The molecule has 0 amide bonds. The number of aryl methyl sites for hydroxylation is 1. The van der Waals surface area contributed by atoms with E-state index < -0.39 is 0 Å². The summed E-state index contributed by atoms with van der Waals surface area (Å²) in [7, 11) is 0. The lowest BCUT2D eigenvalue weighted by atomic mass is 10.1. The van der Waals surface area contributed by atoms with Crippen LogP contribution in [0.5, 0.6) is 11.5 Å². The van der Waals surface area contributed by atoms with E-state index >= 15 is 0 Å². The number of hydrogen-bond acceptors (Lipinski definition) is 3. The molecular weight excluding hydrogens is 180 g/mol. The third-order valence-electron chi connectivity index (χ3n) is 1.84. The monoisotopic (exact) mass is 194 g/mol. The Labute approximate surface area is 83.3 Å². The van der Waals surface area contributed by atoms with Crippen molar-refractivity contribution in [3.8, 4) is 11.5 Å². The van der Waals surface area contributed by atoms with E-state index in [1.165, 1.54) is 0 Å². The second-order valence-corrected chi connectivity index (χ2v) is 3.43. The molecule has 0 radical (unpaired) electrons. The van der Waals surface area contributed by atoms with E-state index in [0.717, 1.165) is 5.56 Å². The number of aromatic hydroxyl groups is 1. The SMILES string of the molecule is Cc1ccc(C=O)c(O)c1OC(C)C. The zero-order chi connectivity index (χ0) is 10.7. The van der Waals surface area contributed by atoms with Crippen LogP contribution in [0.15, 0.2) is 12.1 Å². The number of benzene rings is 1. The lowest BCUT2D eigenvalue weighted by Gasteiger charge is -2.14. The van der Waals surface area contributed by atoms with Crippen molar-refractivity contribution in [3.63, 3.8) is 0 Å². The van der Waals surface area contributed by atoms with Crippen LogP contribution in [0.1, 0.15) is 29.8 Å². The quantitative estimate of drug-likeness (QED) is 0.751. The highest BCUT2D eigenvalue weighted by molar-refractivity contribution is 5.81. The number of ether oxygens (including phenoxy) is 1. The van der Waals surface area contributed by atoms with E-state index in [1.807, 2.05) is 20.8 Å². The van der Waals surface area contributed by atoms with Crippen LogP contribution in [0, 0.1) is 6.92 Å². The fourth-order valence-corrected chi connectivity index (χ4v) is 1.17. The zero-order valence-electron chi connectivity index (χ0n) is 8.57. The maximum atomic E-state index is 10.6. The summed E-state index contributed by atoms with van der Waals surface area (Å²) in [6.45, 7) is 5.56. The van der Waals surface area contributed by atoms with Crippen molar-refractivity contribution in [2.45, 2.75) is 26.9 Å². The number of carbonyl (C=O) groups excluding carboxylic acids is 1. The second-order valence-electron chi connectivity index (χ2n) is 3.43. The van der Waals surface area contributed by atoms with Gasteiger partial charge in [-0.15, -0.1) is 0 Å². The van der Waals surface area contributed by atoms with Crippen LogP contribution < -0.4 is 4.74 Å². The average molecular weight is 194 g/mol. The van der Waals surface area contributed by atoms with Gasteiger partial charge in [-0.05, 0) is 32.4 Å². The Morgan fingerprint density at radius 3 is 2.57 bits per heavy atom. The molecule has 1 rings (SSSR count). The predicted octanol–water partition coefficient (Wildman–Crippen LogP) is 2.30. The normalized spacial score (nSPS) is 10.3. The molecule has 1 aromatic rings. The smallest absolute Gasteiger partial charge is 0.168 e. The second kappa shape index (κ2) is 4.13. The molecule has 1 N–H and O–H groups in total. The Bertz CT molecular complexity index is 343. The molecule has 0 saturated carbocycles. The van der Waals surface area contributed by atoms with E-state index in [-0.39, 0.29) is 17.4 Å². The fourth-order valence-electron chi connectivity index (χ4n) is 1.17. The summed E-state index contributed by atoms with van der Waals surface area (Å²) in [6.07, 6.45) is 0.587. The molecular formula is C11H14O3. The lowest BCUT2D eigenvalue weighted by molar-refractivity contribution is 0.111. The maximum Gasteiger partial charge on any atom is 0.168 e. The molecule has 0 saturated heterocycles. The molecule has 14 heavy (non-hydrogen) atoms. The first kappa shape index (κ1) is 10.6. The van der Waals surface area contributed by atoms with Crippen molar-refractivity contribution in [2.75, 3.05) is 0 Å². The standard InChI is InChI=1S/C11H14O3/c1-7(2)14-11-8(3)4-5-9(6-12)10(11)13/h4-7,13H,1-3H3. The van der Waals surface area contributed by atoms with Gasteiger partial charge in [0.2, 0.25) is 0 Å². The molecule has 0 atom stereocenters. The van der Waals surface area contributed by atoms with Crippen LogP contribution in [-0.2, 0) is 0 Å². The summed E-state index contributed by atoms with van der Waals surface area (Å²) in [5.41, 5.74) is 1.08. The molecule has 0 aliphatic rings. The number of carbonyl (C=O) groups is 1. The van der Waals surface area contributed by atoms with Crippen LogP contribution in [-0.4, -0.2) is 17.5 Å². The fraction of sp³-hybridized carbons (Fsp3) is 0.364. The first-order valence-electron chi connectivity index (χ1n) is 4.50. The van der Waals surface area contributed by atoms with E-state index in [1.54, 1.807) is 12.1 Å². The van der Waals surface area contributed by atoms with Gasteiger partial charge in [-0.2, -0.15) is 0 Å². The van der Waals surface area contributed by atoms with E-state index in [2.05, 4.69) is 0 Å². The zero-order valence-corrected chi connectivity index (χ0v) is 8.57. The van der Waals surface area contributed by atoms with Crippen molar-refractivity contribution in [2.24, 2.45) is 0 Å². The van der Waals surface area contributed by atoms with Crippen LogP contribution in [0.2, 0.25) is 0 Å². The molecule has 1 aromatic carbocycles. The third-order valence-corrected chi connectivity index (χ3v) is 1.84. The molecule has 0 aliphatic heterocycles. The molecule has 0 bridgehead atoms. The maximum absolute atomic E-state index is 10.6. The van der Waals surface area contributed by atoms with Gasteiger partial charge in [-0.3, -0.25) is 4.79 Å². The first-order chi connectivity index (χ1) is 6.56. The molecule has 0 fully saturated rings. The van der Waals surface area contributed by atoms with E-state index in [0.29, 0.717) is 12.0 Å². The number of hydrogen-bond donors (Lipinski definition) is 1. The summed E-state index contributed by atoms with van der Waals surface area (Å²) < 4.78 is 5.41. The Balaban J connectivity index is 3.18. The Morgan fingerprint density at radius 1 is 1.43 bits per heavy atom. The van der Waals surface area contributed by atoms with Crippen molar-refractivity contribution in [1.29, 1.82) is 0 Å². The van der Waals surface area contributed by atoms with Crippen LogP contribution in [0.4, 0.5) is 0 Å². The Hall–Kier alpha value is -1.51. The number of phenols is 1. The minimum absolute atomic E-state index is 0.0264. The molecule has 0 unspecified atom stereocenters. The van der Waals surface area contributed by atoms with E-state index in [4.69, 9.17) is 4.74 Å². The Morgan fingerprint density at radius 2 is 2.07 bits per heavy atom. The van der Waals surface area contributed by atoms with Crippen LogP contribution in [0.25, 0.3) is 0 Å². The van der Waals surface area contributed by atoms with Crippen molar-refractivity contribution < 1.29 is 14.6 Å². The number of rotatable bonds is 3. The largest absolute Gasteiger partial charge is 0.504 e. The van der Waals surface area contributed by atoms with E-state index in [9.17, 15) is 9.90 Å². The summed E-state index contributed by atoms with van der Waals surface area (Å²) >= 11 is 0. The van der Waals surface area contributed by atoms with Gasteiger partial charge in [-0.25, -0.2) is 0 Å². The minimum Gasteiger partial charge on any atom is -0.504 e. The highest BCUT2D eigenvalue weighted by Gasteiger charge is 2.12. The van der Waals surface area contributed by atoms with Crippen LogP contribution in [0.3, 0.4) is 0 Å². The Kier molecular flexibility index (Phi) is 3.12. The van der Waals surface area contributed by atoms with Gasteiger partial charge in [0.25, 0.3) is 0 Å². The minimum atomic E-state index is -0.0753. The van der Waals surface area contributed by atoms with Crippen molar-refractivity contribution in [3.05, 3.63) is 23.3 Å². The lowest BCUT2D eigenvalue weighted by Crippen LogP contribution is -2.07. The van der Waals surface area contributed by atoms with Gasteiger partial charge in [-0.1, -0.05) is 6.07 Å². The van der Waals surface area contributed by atoms with Crippen molar-refractivity contribution >= 4 is 6.29 Å². The van der Waals surface area contributed by atoms with Gasteiger partial charge in [0.05, 0.1) is 11.7 Å². The summed E-state index contributed by atoms with van der Waals surface area (Å²) in [4.78, 5) is 10.6. The van der Waals surface area contributed by atoms with Gasteiger partial charge in [0.1, 0.15) is 0 Å². The third kappa shape index (κ3) is 2.05. The molecule has 0 spiro atoms. The molecule has 0 heterocycles. The van der Waals surface area contributed by atoms with Gasteiger partial charge in [0.15, 0.2) is 17.8 Å². The summed E-state index contributed by atoms with van der Waals surface area (Å²) in [5.74, 6) is 0.318. The van der Waals surface area contributed by atoms with Crippen molar-refractivity contribution in [1.82, 2.24) is 0 Å². The first-order valence-corrected chi connectivity index (χ1v) is 4.50. The highest BCUT2D eigenvalue weighted by atomic mass is 16.5. The van der Waals surface area contributed by atoms with Gasteiger partial charge >= 0.3 is 0 Å². The van der Waals surface area contributed by atoms with Crippen LogP contribution >= 0.6 is 0 Å².